The van der Waals surface area contributed by atoms with E-state index in [4.69, 9.17) is 14.2 Å². The Hall–Kier alpha value is -4.05. The number of carbonyl (C=O) groups is 4. The van der Waals surface area contributed by atoms with E-state index < -0.39 is 28.8 Å². The molecule has 1 heterocycles. The van der Waals surface area contributed by atoms with Crippen LogP contribution in [0.4, 0.5) is 9.59 Å². The summed E-state index contributed by atoms with van der Waals surface area (Å²) in [7, 11) is 1.24. The van der Waals surface area contributed by atoms with Crippen LogP contribution in [0.3, 0.4) is 0 Å². The SMILES string of the molecule is CCCCNC(=O)OC(C)(C)C.COC(=O)C1(NC(=O)OC(C)(C)C)CCN(C(=O)CN[C-]=O)CC1.[Fm]. The number of carbonyl (C=O) groups excluding carboxylic acids is 5. The van der Waals surface area contributed by atoms with Crippen LogP contribution in [0.1, 0.15) is 74.1 Å². The minimum atomic E-state index is -1.24. The minimum absolute atomic E-state index is 0. The fourth-order valence-electron chi connectivity index (χ4n) is 3.12. The number of methoxy groups -OCH3 is 1. The topological polar surface area (TPSA) is 152 Å². The van der Waals surface area contributed by atoms with Crippen LogP contribution in [-0.4, -0.2) is 85.4 Å². The molecule has 1 rings (SSSR count). The average molecular weight is 773 g/mol. The zero-order valence-electron chi connectivity index (χ0n) is 23.2. The van der Waals surface area contributed by atoms with Crippen LogP contribution in [-0.2, 0) is 28.6 Å². The molecule has 0 aromatic heterocycles. The van der Waals surface area contributed by atoms with Gasteiger partial charge in [-0.1, -0.05) is 13.3 Å². The maximum atomic E-state index is 12.2. The van der Waals surface area contributed by atoms with Crippen molar-refractivity contribution in [2.45, 2.75) is 90.9 Å². The van der Waals surface area contributed by atoms with Crippen LogP contribution in [0.2, 0.25) is 0 Å². The Kier molecular flexibility index (Phi) is 15.0. The predicted octanol–water partition coefficient (Wildman–Crippen LogP) is 2.01. The van der Waals surface area contributed by atoms with Crippen LogP contribution in [0.15, 0.2) is 0 Å². The summed E-state index contributed by atoms with van der Waals surface area (Å²) in [5.74, 6) is -0.867. The Bertz CT molecular complexity index is 742. The summed E-state index contributed by atoms with van der Waals surface area (Å²) in [6.45, 7) is 13.8. The molecule has 0 aromatic carbocycles. The third kappa shape index (κ3) is 14.8. The molecule has 13 heteroatoms. The van der Waals surface area contributed by atoms with Gasteiger partial charge in [-0.15, -0.1) is 0 Å². The molecular weight excluding hydrogens is 729 g/mol. The van der Waals surface area contributed by atoms with Crippen LogP contribution in [0.25, 0.3) is 0 Å². The first kappa shape index (κ1) is 35.1. The van der Waals surface area contributed by atoms with Crippen LogP contribution < -0.4 is 16.0 Å². The van der Waals surface area contributed by atoms with E-state index in [1.54, 1.807) is 20.8 Å². The Labute approximate surface area is 214 Å². The number of nitrogens with one attached hydrogen (secondary N) is 3. The van der Waals surface area contributed by atoms with Gasteiger partial charge >= 0.3 is 18.2 Å². The molecule has 12 nitrogen and oxygen atoms in total. The van der Waals surface area contributed by atoms with E-state index in [9.17, 15) is 24.0 Å². The van der Waals surface area contributed by atoms with Crippen molar-refractivity contribution in [2.75, 3.05) is 33.3 Å². The molecule has 220 valence electrons. The summed E-state index contributed by atoms with van der Waals surface area (Å²) >= 11 is 0. The zero-order chi connectivity index (χ0) is 28.0. The van der Waals surface area contributed by atoms with E-state index in [2.05, 4.69) is 22.9 Å². The number of esters is 1. The van der Waals surface area contributed by atoms with E-state index in [-0.39, 0.29) is 44.5 Å². The first-order valence-electron chi connectivity index (χ1n) is 12.0. The fourth-order valence-corrected chi connectivity index (χ4v) is 3.12. The Morgan fingerprint density at radius 3 is 1.89 bits per heavy atom. The van der Waals surface area contributed by atoms with Crippen molar-refractivity contribution >= 4 is 30.5 Å². The number of piperidine rings is 1. The third-order valence-corrected chi connectivity index (χ3v) is 4.80. The molecule has 1 saturated heterocycles. The van der Waals surface area contributed by atoms with Gasteiger partial charge in [-0.25, -0.2) is 14.4 Å². The normalized spacial score (nSPS) is 14.4. The molecule has 1 aliphatic rings. The van der Waals surface area contributed by atoms with E-state index >= 15 is 0 Å². The van der Waals surface area contributed by atoms with Crippen molar-refractivity contribution < 1.29 is 38.2 Å². The van der Waals surface area contributed by atoms with E-state index in [0.29, 0.717) is 6.54 Å². The number of alkyl carbamates (subject to hydrolysis) is 2. The smallest absolute Gasteiger partial charge is 0.408 e. The molecule has 1 fully saturated rings. The molecule has 0 atom stereocenters. The quantitative estimate of drug-likeness (QED) is 0.112. The molecule has 0 spiro atoms. The maximum absolute atomic E-state index is 12.2. The second-order valence-electron chi connectivity index (χ2n) is 10.3. The number of unbranched alkanes of at least 4 members (excludes halogenated alkanes) is 1. The minimum Gasteiger partial charge on any atom is -0.522 e. The number of nitrogens with zero attached hydrogens (tertiary/aromatic N) is 1. The Morgan fingerprint density at radius 1 is 0.946 bits per heavy atom. The van der Waals surface area contributed by atoms with Gasteiger partial charge in [0.2, 0.25) is 5.91 Å². The predicted molar refractivity (Wildman–Crippen MR) is 133 cm³/mol. The monoisotopic (exact) mass is 772 g/mol. The molecule has 3 N–H and O–H groups in total. The standard InChI is InChI=1S/C15H24N3O6.C9H19NO2.Fm/c1-14(2,3)24-13(22)17-15(12(21)23-4)5-7-18(8-6-15)11(20)9-16-10-19;1-5-6-7-10-8(11)12-9(2,3)4;/h5-9H2,1-4H3,(H,16,19)(H,17,22);5-7H2,1-4H3,(H,10,11);/q-1;;. The number of hydrogen-bond acceptors (Lipinski definition) is 8. The number of rotatable bonds is 8. The van der Waals surface area contributed by atoms with Gasteiger partial charge in [-0.05, 0) is 60.8 Å². The van der Waals surface area contributed by atoms with Gasteiger partial charge in [0.15, 0.2) is 0 Å². The van der Waals surface area contributed by atoms with E-state index in [0.717, 1.165) is 12.8 Å². The van der Waals surface area contributed by atoms with Crippen molar-refractivity contribution in [1.29, 1.82) is 0 Å². The fraction of sp³-hybridized carbons (Fsp3) is 0.792. The molecule has 0 radical (unpaired) electrons. The van der Waals surface area contributed by atoms with Gasteiger partial charge in [0.05, 0.1) is 13.7 Å². The number of hydrogen-bond donors (Lipinski definition) is 3. The molecule has 0 aliphatic carbocycles. The molecule has 0 saturated carbocycles. The molecule has 0 bridgehead atoms. The van der Waals surface area contributed by atoms with E-state index in [1.807, 2.05) is 20.8 Å². The van der Waals surface area contributed by atoms with Gasteiger partial charge in [0.25, 0.3) is 0 Å². The summed E-state index contributed by atoms with van der Waals surface area (Å²) < 4.78 is 15.0. The second kappa shape index (κ2) is 15.8. The second-order valence-corrected chi connectivity index (χ2v) is 10.3. The van der Waals surface area contributed by atoms with Crippen molar-refractivity contribution in [3.8, 4) is 0 Å². The molecular formula is C24H43FmN4O8-. The van der Waals surface area contributed by atoms with Crippen molar-refractivity contribution in [3.63, 3.8) is 0 Å². The Morgan fingerprint density at radius 2 is 1.46 bits per heavy atom. The molecule has 1 aliphatic heterocycles. The van der Waals surface area contributed by atoms with Gasteiger partial charge in [-0.3, -0.25) is 4.79 Å². The van der Waals surface area contributed by atoms with Crippen LogP contribution >= 0.6 is 0 Å². The summed E-state index contributed by atoms with van der Waals surface area (Å²) in [6.07, 6.45) is 2.85. The molecule has 37 heavy (non-hydrogen) atoms. The maximum Gasteiger partial charge on any atom is 0.408 e. The summed E-state index contributed by atoms with van der Waals surface area (Å²) in [4.78, 5) is 58.7. The van der Waals surface area contributed by atoms with Gasteiger partial charge < -0.3 is 39.9 Å². The number of ether oxygens (including phenoxy) is 3. The van der Waals surface area contributed by atoms with Gasteiger partial charge in [0.1, 0.15) is 16.7 Å². The number of amides is 4. The average Bonchev–Trinajstić information content (AvgIpc) is 2.75. The largest absolute Gasteiger partial charge is 0.522 e. The first-order chi connectivity index (χ1) is 16.6. The number of likely N-dealkylation sites (tertiary alicyclic amines) is 1. The van der Waals surface area contributed by atoms with Crippen molar-refractivity contribution in [1.82, 2.24) is 20.9 Å². The zero-order valence-corrected chi connectivity index (χ0v) is 25.6. The van der Waals surface area contributed by atoms with Crippen molar-refractivity contribution in [3.05, 3.63) is 0 Å². The molecule has 0 aromatic rings. The van der Waals surface area contributed by atoms with E-state index in [1.165, 1.54) is 18.4 Å². The molecule has 4 amide bonds. The Balaban J connectivity index is 0. The summed E-state index contributed by atoms with van der Waals surface area (Å²) in [5, 5.41) is 7.45. The molecule has 0 unspecified atom stereocenters. The van der Waals surface area contributed by atoms with Gasteiger partial charge in [0, 0.05) is 19.6 Å². The van der Waals surface area contributed by atoms with Crippen LogP contribution in [0.5, 0.6) is 0 Å². The third-order valence-electron chi connectivity index (χ3n) is 4.80. The van der Waals surface area contributed by atoms with Crippen molar-refractivity contribution in [2.24, 2.45) is 0 Å². The first-order valence-corrected chi connectivity index (χ1v) is 12.0. The van der Waals surface area contributed by atoms with Gasteiger partial charge in [-0.2, -0.15) is 6.41 Å². The van der Waals surface area contributed by atoms with Crippen LogP contribution in [0, 0.1) is 0 Å². The summed E-state index contributed by atoms with van der Waals surface area (Å²) in [6, 6.07) is 0. The summed E-state index contributed by atoms with van der Waals surface area (Å²) in [5.41, 5.74) is -2.33.